The highest BCUT2D eigenvalue weighted by molar-refractivity contribution is 7.09. The number of rotatable bonds is 7. The zero-order valence-electron chi connectivity index (χ0n) is 11.7. The van der Waals surface area contributed by atoms with Crippen LogP contribution < -0.4 is 0 Å². The van der Waals surface area contributed by atoms with Gasteiger partial charge in [-0.3, -0.25) is 4.79 Å². The standard InChI is InChI=1S/C13H20N4OS/c1-11-12(19-10-15-11)9-16(2)8-5-13(18)17(3)7-4-6-14/h10H,4-5,7-9H2,1-3H3. The Kier molecular flexibility index (Phi) is 6.46. The van der Waals surface area contributed by atoms with E-state index < -0.39 is 0 Å². The molecular weight excluding hydrogens is 260 g/mol. The van der Waals surface area contributed by atoms with Crippen molar-refractivity contribution >= 4 is 17.2 Å². The summed E-state index contributed by atoms with van der Waals surface area (Å²) in [5, 5.41) is 8.48. The summed E-state index contributed by atoms with van der Waals surface area (Å²) >= 11 is 1.65. The second-order valence-electron chi connectivity index (χ2n) is 4.57. The molecule has 1 heterocycles. The molecule has 5 nitrogen and oxygen atoms in total. The van der Waals surface area contributed by atoms with Crippen molar-refractivity contribution in [1.82, 2.24) is 14.8 Å². The van der Waals surface area contributed by atoms with E-state index in [1.807, 2.05) is 25.6 Å². The highest BCUT2D eigenvalue weighted by Gasteiger charge is 2.11. The van der Waals surface area contributed by atoms with Gasteiger partial charge in [0, 0.05) is 38.0 Å². The first-order valence-electron chi connectivity index (χ1n) is 6.23. The minimum atomic E-state index is 0.0862. The predicted octanol–water partition coefficient (Wildman–Crippen LogP) is 1.65. The highest BCUT2D eigenvalue weighted by atomic mass is 32.1. The Balaban J connectivity index is 2.30. The molecule has 6 heteroatoms. The first kappa shape index (κ1) is 15.6. The molecule has 0 N–H and O–H groups in total. The number of thiazole rings is 1. The maximum Gasteiger partial charge on any atom is 0.223 e. The second kappa shape index (κ2) is 7.87. The zero-order valence-corrected chi connectivity index (χ0v) is 12.5. The van der Waals surface area contributed by atoms with Crippen LogP contribution in [0.1, 0.15) is 23.4 Å². The van der Waals surface area contributed by atoms with E-state index in [9.17, 15) is 4.79 Å². The number of hydrogen-bond acceptors (Lipinski definition) is 5. The van der Waals surface area contributed by atoms with Gasteiger partial charge in [0.15, 0.2) is 0 Å². The number of carbonyl (C=O) groups excluding carboxylic acids is 1. The smallest absolute Gasteiger partial charge is 0.223 e. The van der Waals surface area contributed by atoms with Crippen LogP contribution in [-0.2, 0) is 11.3 Å². The average molecular weight is 280 g/mol. The van der Waals surface area contributed by atoms with Crippen LogP contribution in [0, 0.1) is 18.3 Å². The molecule has 0 saturated carbocycles. The van der Waals surface area contributed by atoms with E-state index in [1.165, 1.54) is 4.88 Å². The predicted molar refractivity (Wildman–Crippen MR) is 75.7 cm³/mol. The molecule has 0 aliphatic heterocycles. The van der Waals surface area contributed by atoms with Gasteiger partial charge in [-0.15, -0.1) is 11.3 Å². The molecule has 0 spiro atoms. The van der Waals surface area contributed by atoms with Gasteiger partial charge in [-0.2, -0.15) is 5.26 Å². The summed E-state index contributed by atoms with van der Waals surface area (Å²) in [7, 11) is 3.74. The number of aryl methyl sites for hydroxylation is 1. The monoisotopic (exact) mass is 280 g/mol. The summed E-state index contributed by atoms with van der Waals surface area (Å²) in [6.07, 6.45) is 0.869. The lowest BCUT2D eigenvalue weighted by molar-refractivity contribution is -0.130. The van der Waals surface area contributed by atoms with Gasteiger partial charge < -0.3 is 9.80 Å². The van der Waals surface area contributed by atoms with E-state index in [4.69, 9.17) is 5.26 Å². The summed E-state index contributed by atoms with van der Waals surface area (Å²) in [6, 6.07) is 2.04. The Morgan fingerprint density at radius 2 is 2.21 bits per heavy atom. The number of amides is 1. The van der Waals surface area contributed by atoms with E-state index >= 15 is 0 Å². The highest BCUT2D eigenvalue weighted by Crippen LogP contribution is 2.14. The average Bonchev–Trinajstić information content (AvgIpc) is 2.78. The molecular formula is C13H20N4OS. The number of hydrogen-bond donors (Lipinski definition) is 0. The van der Waals surface area contributed by atoms with Gasteiger partial charge in [-0.25, -0.2) is 4.98 Å². The van der Waals surface area contributed by atoms with Gasteiger partial charge >= 0.3 is 0 Å². The van der Waals surface area contributed by atoms with Crippen molar-refractivity contribution in [3.05, 3.63) is 16.1 Å². The van der Waals surface area contributed by atoms with Gasteiger partial charge in [0.25, 0.3) is 0 Å². The quantitative estimate of drug-likeness (QED) is 0.762. The van der Waals surface area contributed by atoms with Crippen molar-refractivity contribution in [2.75, 3.05) is 27.2 Å². The van der Waals surface area contributed by atoms with Crippen LogP contribution >= 0.6 is 11.3 Å². The molecule has 104 valence electrons. The molecule has 0 fully saturated rings. The first-order valence-corrected chi connectivity index (χ1v) is 7.11. The Morgan fingerprint density at radius 3 is 2.79 bits per heavy atom. The lowest BCUT2D eigenvalue weighted by Crippen LogP contribution is -2.31. The van der Waals surface area contributed by atoms with Gasteiger partial charge in [-0.05, 0) is 14.0 Å². The number of carbonyl (C=O) groups is 1. The fourth-order valence-corrected chi connectivity index (χ4v) is 2.48. The molecule has 0 unspecified atom stereocenters. The van der Waals surface area contributed by atoms with E-state index in [1.54, 1.807) is 23.3 Å². The third kappa shape index (κ3) is 5.37. The molecule has 0 saturated heterocycles. The van der Waals surface area contributed by atoms with Crippen LogP contribution in [0.5, 0.6) is 0 Å². The van der Waals surface area contributed by atoms with E-state index in [0.29, 0.717) is 25.9 Å². The Hall–Kier alpha value is -1.45. The summed E-state index contributed by atoms with van der Waals surface area (Å²) in [5.41, 5.74) is 2.91. The van der Waals surface area contributed by atoms with E-state index in [2.05, 4.69) is 9.88 Å². The molecule has 0 aliphatic carbocycles. The minimum absolute atomic E-state index is 0.0862. The molecule has 19 heavy (non-hydrogen) atoms. The van der Waals surface area contributed by atoms with Crippen LogP contribution in [-0.4, -0.2) is 47.9 Å². The normalized spacial score (nSPS) is 10.5. The van der Waals surface area contributed by atoms with Crippen LogP contribution in [0.2, 0.25) is 0 Å². The number of nitriles is 1. The first-order chi connectivity index (χ1) is 9.04. The summed E-state index contributed by atoms with van der Waals surface area (Å²) in [4.78, 5) is 21.0. The number of nitrogens with zero attached hydrogens (tertiary/aromatic N) is 4. The minimum Gasteiger partial charge on any atom is -0.345 e. The van der Waals surface area contributed by atoms with Crippen molar-refractivity contribution in [3.8, 4) is 6.07 Å². The molecule has 1 rings (SSSR count). The van der Waals surface area contributed by atoms with Crippen LogP contribution in [0.15, 0.2) is 5.51 Å². The molecule has 0 bridgehead atoms. The Labute approximate surface area is 118 Å². The van der Waals surface area contributed by atoms with Crippen molar-refractivity contribution in [2.45, 2.75) is 26.3 Å². The van der Waals surface area contributed by atoms with Gasteiger partial charge in [0.1, 0.15) is 0 Å². The van der Waals surface area contributed by atoms with Crippen molar-refractivity contribution < 1.29 is 4.79 Å². The molecule has 1 aromatic rings. The topological polar surface area (TPSA) is 60.2 Å². The fraction of sp³-hybridized carbons (Fsp3) is 0.615. The van der Waals surface area contributed by atoms with Crippen molar-refractivity contribution in [2.24, 2.45) is 0 Å². The third-order valence-corrected chi connectivity index (χ3v) is 3.87. The van der Waals surface area contributed by atoms with Crippen molar-refractivity contribution in [3.63, 3.8) is 0 Å². The maximum absolute atomic E-state index is 11.8. The molecule has 0 atom stereocenters. The molecule has 1 amide bonds. The van der Waals surface area contributed by atoms with Crippen LogP contribution in [0.4, 0.5) is 0 Å². The third-order valence-electron chi connectivity index (χ3n) is 2.95. The van der Waals surface area contributed by atoms with Crippen LogP contribution in [0.25, 0.3) is 0 Å². The summed E-state index contributed by atoms with van der Waals surface area (Å²) < 4.78 is 0. The van der Waals surface area contributed by atoms with Crippen molar-refractivity contribution in [1.29, 1.82) is 5.26 Å². The fourth-order valence-electron chi connectivity index (χ4n) is 1.62. The molecule has 0 radical (unpaired) electrons. The molecule has 1 aromatic heterocycles. The number of aromatic nitrogens is 1. The van der Waals surface area contributed by atoms with E-state index in [-0.39, 0.29) is 5.91 Å². The summed E-state index contributed by atoms with van der Waals surface area (Å²) in [6.45, 7) is 4.05. The zero-order chi connectivity index (χ0) is 14.3. The SMILES string of the molecule is Cc1ncsc1CN(C)CCC(=O)N(C)CCC#N. The van der Waals surface area contributed by atoms with E-state index in [0.717, 1.165) is 12.2 Å². The van der Waals surface area contributed by atoms with Gasteiger partial charge in [0.05, 0.1) is 23.7 Å². The Bertz CT molecular complexity index is 452. The van der Waals surface area contributed by atoms with Gasteiger partial charge in [0.2, 0.25) is 5.91 Å². The second-order valence-corrected chi connectivity index (χ2v) is 5.51. The largest absolute Gasteiger partial charge is 0.345 e. The lowest BCUT2D eigenvalue weighted by atomic mass is 10.3. The molecule has 0 aliphatic rings. The Morgan fingerprint density at radius 1 is 1.47 bits per heavy atom. The van der Waals surface area contributed by atoms with Gasteiger partial charge in [-0.1, -0.05) is 0 Å². The summed E-state index contributed by atoms with van der Waals surface area (Å²) in [5.74, 6) is 0.0862. The lowest BCUT2D eigenvalue weighted by Gasteiger charge is -2.19. The maximum atomic E-state index is 11.8. The van der Waals surface area contributed by atoms with Crippen LogP contribution in [0.3, 0.4) is 0 Å². The molecule has 0 aromatic carbocycles.